The van der Waals surface area contributed by atoms with E-state index in [4.69, 9.17) is 14.6 Å². The number of allylic oxidation sites excluding steroid dienone is 3. The molecule has 1 saturated carbocycles. The second-order valence-electron chi connectivity index (χ2n) is 16.9. The van der Waals surface area contributed by atoms with Crippen molar-refractivity contribution in [2.75, 3.05) is 26.4 Å². The molecular formula is C43H81NO9. The molecule has 312 valence electrons. The number of quaternary nitrogens is 1. The topological polar surface area (TPSA) is 167 Å². The molecule has 10 heteroatoms. The molecular weight excluding hydrogens is 674 g/mol. The molecule has 0 bridgehead atoms. The molecule has 1 rings (SSSR count). The fourth-order valence-electron chi connectivity index (χ4n) is 4.54. The summed E-state index contributed by atoms with van der Waals surface area (Å²) in [7, 11) is 0. The van der Waals surface area contributed by atoms with Crippen LogP contribution < -0.4 is 10.8 Å². The highest BCUT2D eigenvalue weighted by Crippen LogP contribution is 2.29. The SMILES string of the molecule is C=CCC(C)(C)C(=O)OCC.C=CCC(C)(C)C(=O)OCC[C@H](C(=O)[O-])C(C)(C)C.C=CCC(C)(C)CO.CCOC(=O)C(C)C.[NH3+]C1CCCCC1. The number of hydrogen-bond acceptors (Lipinski definition) is 9. The number of aliphatic hydroxyl groups is 1. The molecule has 53 heavy (non-hydrogen) atoms. The van der Waals surface area contributed by atoms with Gasteiger partial charge in [0, 0.05) is 18.5 Å². The largest absolute Gasteiger partial charge is 0.550 e. The van der Waals surface area contributed by atoms with Crippen molar-refractivity contribution in [3.8, 4) is 0 Å². The lowest BCUT2D eigenvalue weighted by Crippen LogP contribution is -2.61. The molecule has 1 fully saturated rings. The van der Waals surface area contributed by atoms with Crippen LogP contribution in [0.1, 0.15) is 148 Å². The molecule has 1 atom stereocenters. The summed E-state index contributed by atoms with van der Waals surface area (Å²) in [6.45, 7) is 36.0. The van der Waals surface area contributed by atoms with E-state index in [-0.39, 0.29) is 48.9 Å². The maximum Gasteiger partial charge on any atom is 0.311 e. The Kier molecular flexibility index (Phi) is 32.5. The number of carbonyl (C=O) groups excluding carboxylic acids is 4. The van der Waals surface area contributed by atoms with Gasteiger partial charge in [0.2, 0.25) is 0 Å². The third-order valence-electron chi connectivity index (χ3n) is 8.27. The number of carboxylic acid groups (broad SMARTS) is 1. The van der Waals surface area contributed by atoms with Gasteiger partial charge in [-0.15, -0.1) is 19.7 Å². The molecule has 0 aromatic heterocycles. The number of aliphatic carboxylic acids is 1. The Morgan fingerprint density at radius 1 is 0.755 bits per heavy atom. The highest BCUT2D eigenvalue weighted by molar-refractivity contribution is 5.76. The van der Waals surface area contributed by atoms with Gasteiger partial charge in [0.1, 0.15) is 0 Å². The average molecular weight is 756 g/mol. The van der Waals surface area contributed by atoms with Gasteiger partial charge in [-0.25, -0.2) is 0 Å². The quantitative estimate of drug-likeness (QED) is 0.0925. The minimum absolute atomic E-state index is 0.00921. The molecule has 0 aromatic carbocycles. The van der Waals surface area contributed by atoms with Crippen LogP contribution in [-0.4, -0.2) is 61.5 Å². The fourth-order valence-corrected chi connectivity index (χ4v) is 4.54. The highest BCUT2D eigenvalue weighted by Gasteiger charge is 2.30. The Bertz CT molecular complexity index is 1030. The zero-order chi connectivity index (χ0) is 42.5. The van der Waals surface area contributed by atoms with Crippen molar-refractivity contribution in [2.45, 2.75) is 154 Å². The van der Waals surface area contributed by atoms with Gasteiger partial charge in [0.15, 0.2) is 0 Å². The second kappa shape index (κ2) is 30.4. The van der Waals surface area contributed by atoms with Gasteiger partial charge < -0.3 is 35.0 Å². The van der Waals surface area contributed by atoms with E-state index >= 15 is 0 Å². The molecule has 0 radical (unpaired) electrons. The van der Waals surface area contributed by atoms with Gasteiger partial charge >= 0.3 is 17.9 Å². The molecule has 0 aromatic rings. The van der Waals surface area contributed by atoms with Crippen molar-refractivity contribution in [3.63, 3.8) is 0 Å². The summed E-state index contributed by atoms with van der Waals surface area (Å²) in [5.74, 6) is -2.34. The third-order valence-corrected chi connectivity index (χ3v) is 8.27. The average Bonchev–Trinajstić information content (AvgIpc) is 3.04. The van der Waals surface area contributed by atoms with Crippen molar-refractivity contribution >= 4 is 23.9 Å². The first-order chi connectivity index (χ1) is 24.3. The van der Waals surface area contributed by atoms with Gasteiger partial charge in [-0.2, -0.15) is 0 Å². The van der Waals surface area contributed by atoms with Crippen LogP contribution in [0.5, 0.6) is 0 Å². The monoisotopic (exact) mass is 756 g/mol. The van der Waals surface area contributed by atoms with Crippen molar-refractivity contribution in [1.29, 1.82) is 0 Å². The molecule has 0 spiro atoms. The van der Waals surface area contributed by atoms with Crippen LogP contribution in [0.25, 0.3) is 0 Å². The van der Waals surface area contributed by atoms with Crippen molar-refractivity contribution in [2.24, 2.45) is 33.5 Å². The Morgan fingerprint density at radius 2 is 1.17 bits per heavy atom. The first-order valence-corrected chi connectivity index (χ1v) is 19.2. The molecule has 0 amide bonds. The smallest absolute Gasteiger partial charge is 0.311 e. The van der Waals surface area contributed by atoms with E-state index in [1.165, 1.54) is 32.1 Å². The van der Waals surface area contributed by atoms with Crippen LogP contribution >= 0.6 is 0 Å². The standard InChI is InChI=1S/C15H26O4.C9H16O2.C7H14O.C6H13N.C6H12O2/c1-7-9-15(5,6)13(18)19-10-8-11(12(16)17)14(2,3)4;1-5-7-9(3,4)8(10)11-6-2;1-4-5-7(2,3)6-8;7-6-4-2-1-3-5-6;1-4-8-6(7)5(2)3/h7,11H,1,8-10H2,2-6H3,(H,16,17);5H,1,6-7H2,2-4H3;4,8H,1,5-6H2,2-3H3;6H,1-5,7H2;5H,4H2,1-3H3/t11-;;;;/m1..../s1. The van der Waals surface area contributed by atoms with Gasteiger partial charge in [-0.1, -0.05) is 73.1 Å². The molecule has 1 aliphatic carbocycles. The molecule has 0 unspecified atom stereocenters. The van der Waals surface area contributed by atoms with Gasteiger partial charge in [-0.3, -0.25) is 14.4 Å². The van der Waals surface area contributed by atoms with E-state index in [1.54, 1.807) is 32.9 Å². The summed E-state index contributed by atoms with van der Waals surface area (Å²) in [5, 5.41) is 19.7. The van der Waals surface area contributed by atoms with Crippen LogP contribution in [0.15, 0.2) is 38.0 Å². The normalized spacial score (nSPS) is 13.7. The maximum absolute atomic E-state index is 11.8. The molecule has 0 saturated heterocycles. The number of aliphatic hydroxyl groups excluding tert-OH is 1. The third kappa shape index (κ3) is 32.2. The van der Waals surface area contributed by atoms with Crippen molar-refractivity contribution in [1.82, 2.24) is 0 Å². The highest BCUT2D eigenvalue weighted by atomic mass is 16.5. The molecule has 4 N–H and O–H groups in total. The van der Waals surface area contributed by atoms with E-state index in [0.29, 0.717) is 26.1 Å². The number of esters is 3. The van der Waals surface area contributed by atoms with Crippen LogP contribution in [0, 0.1) is 33.5 Å². The number of carbonyl (C=O) groups is 4. The summed E-state index contributed by atoms with van der Waals surface area (Å²) < 4.78 is 14.7. The van der Waals surface area contributed by atoms with E-state index in [2.05, 4.69) is 30.2 Å². The summed E-state index contributed by atoms with van der Waals surface area (Å²) in [4.78, 5) is 44.6. The minimum Gasteiger partial charge on any atom is -0.550 e. The van der Waals surface area contributed by atoms with E-state index in [9.17, 15) is 24.3 Å². The summed E-state index contributed by atoms with van der Waals surface area (Å²) in [6.07, 6.45) is 14.6. The molecule has 0 heterocycles. The fraction of sp³-hybridized carbons (Fsp3) is 0.767. The van der Waals surface area contributed by atoms with Crippen LogP contribution in [0.4, 0.5) is 0 Å². The van der Waals surface area contributed by atoms with Gasteiger partial charge in [0.05, 0.1) is 42.6 Å². The second-order valence-corrected chi connectivity index (χ2v) is 16.9. The zero-order valence-electron chi connectivity index (χ0n) is 36.2. The minimum atomic E-state index is -1.10. The number of carboxylic acids is 1. The van der Waals surface area contributed by atoms with E-state index < -0.39 is 28.1 Å². The predicted molar refractivity (Wildman–Crippen MR) is 214 cm³/mol. The van der Waals surface area contributed by atoms with Crippen molar-refractivity contribution < 1.29 is 49.3 Å². The maximum atomic E-state index is 11.8. The summed E-state index contributed by atoms with van der Waals surface area (Å²) in [5.41, 5.74) is 2.57. The first kappa shape index (κ1) is 56.8. The number of ether oxygens (including phenoxy) is 3. The molecule has 0 aliphatic heterocycles. The number of hydrogen-bond donors (Lipinski definition) is 2. The van der Waals surface area contributed by atoms with Crippen molar-refractivity contribution in [3.05, 3.63) is 38.0 Å². The van der Waals surface area contributed by atoms with E-state index in [1.807, 2.05) is 75.3 Å². The van der Waals surface area contributed by atoms with Crippen LogP contribution in [0.3, 0.4) is 0 Å². The summed E-state index contributed by atoms with van der Waals surface area (Å²) in [6, 6.07) is 0.786. The lowest BCUT2D eigenvalue weighted by atomic mass is 9.79. The Morgan fingerprint density at radius 3 is 1.42 bits per heavy atom. The lowest BCUT2D eigenvalue weighted by Gasteiger charge is -2.31. The van der Waals surface area contributed by atoms with Gasteiger partial charge in [0.25, 0.3) is 0 Å². The lowest BCUT2D eigenvalue weighted by molar-refractivity contribution is -0.425. The Labute approximate surface area is 324 Å². The van der Waals surface area contributed by atoms with Crippen LogP contribution in [-0.2, 0) is 33.4 Å². The number of rotatable bonds is 16. The Balaban J connectivity index is -0.000000302. The van der Waals surface area contributed by atoms with E-state index in [0.717, 1.165) is 12.5 Å². The first-order valence-electron chi connectivity index (χ1n) is 19.2. The molecule has 1 aliphatic rings. The molecule has 10 nitrogen and oxygen atoms in total. The van der Waals surface area contributed by atoms with Gasteiger partial charge in [-0.05, 0) is 104 Å². The summed E-state index contributed by atoms with van der Waals surface area (Å²) >= 11 is 0. The Hall–Kier alpha value is -2.98. The zero-order valence-corrected chi connectivity index (χ0v) is 36.2. The predicted octanol–water partition coefficient (Wildman–Crippen LogP) is 7.43. The van der Waals surface area contributed by atoms with Crippen LogP contribution in [0.2, 0.25) is 0 Å².